The SMILES string of the molecule is Cc1cccc(N2CCN(c3nncc(NCC4CCCO4)n3)CC2)c1C. The van der Waals surface area contributed by atoms with E-state index in [0.29, 0.717) is 5.95 Å². The van der Waals surface area contributed by atoms with Gasteiger partial charge in [-0.15, -0.1) is 5.10 Å². The zero-order chi connectivity index (χ0) is 18.6. The number of aryl methyl sites for hydroxylation is 1. The van der Waals surface area contributed by atoms with Crippen molar-refractivity contribution in [2.45, 2.75) is 32.8 Å². The number of anilines is 3. The third-order valence-electron chi connectivity index (χ3n) is 5.56. The van der Waals surface area contributed by atoms with Crippen molar-refractivity contribution in [1.29, 1.82) is 0 Å². The van der Waals surface area contributed by atoms with Crippen molar-refractivity contribution in [3.05, 3.63) is 35.5 Å². The van der Waals surface area contributed by atoms with Gasteiger partial charge < -0.3 is 19.9 Å². The molecule has 1 atom stereocenters. The molecule has 2 aliphatic heterocycles. The van der Waals surface area contributed by atoms with Crippen LogP contribution < -0.4 is 15.1 Å². The second-order valence-electron chi connectivity index (χ2n) is 7.35. The van der Waals surface area contributed by atoms with Crippen molar-refractivity contribution in [3.8, 4) is 0 Å². The Labute approximate surface area is 160 Å². The maximum Gasteiger partial charge on any atom is 0.247 e. The van der Waals surface area contributed by atoms with Gasteiger partial charge in [0.1, 0.15) is 0 Å². The predicted molar refractivity (Wildman–Crippen MR) is 108 cm³/mol. The number of rotatable bonds is 5. The van der Waals surface area contributed by atoms with E-state index in [1.165, 1.54) is 16.8 Å². The molecule has 0 amide bonds. The summed E-state index contributed by atoms with van der Waals surface area (Å²) in [5, 5.41) is 11.7. The van der Waals surface area contributed by atoms with Crippen LogP contribution in [0.1, 0.15) is 24.0 Å². The fourth-order valence-corrected chi connectivity index (χ4v) is 3.76. The predicted octanol–water partition coefficient (Wildman–Crippen LogP) is 2.41. The van der Waals surface area contributed by atoms with Gasteiger partial charge in [0, 0.05) is 45.0 Å². The van der Waals surface area contributed by atoms with E-state index in [2.05, 4.69) is 62.3 Å². The summed E-state index contributed by atoms with van der Waals surface area (Å²) in [4.78, 5) is 9.32. The van der Waals surface area contributed by atoms with Crippen LogP contribution in [0.3, 0.4) is 0 Å². The maximum atomic E-state index is 5.65. The summed E-state index contributed by atoms with van der Waals surface area (Å²) in [5.74, 6) is 1.47. The molecular formula is C20H28N6O. The number of piperazine rings is 1. The lowest BCUT2D eigenvalue weighted by Gasteiger charge is -2.36. The molecule has 27 heavy (non-hydrogen) atoms. The summed E-state index contributed by atoms with van der Waals surface area (Å²) in [7, 11) is 0. The molecular weight excluding hydrogens is 340 g/mol. The molecule has 7 nitrogen and oxygen atoms in total. The maximum absolute atomic E-state index is 5.65. The zero-order valence-corrected chi connectivity index (χ0v) is 16.2. The summed E-state index contributed by atoms with van der Waals surface area (Å²) in [6, 6.07) is 6.52. The van der Waals surface area contributed by atoms with Crippen LogP contribution in [-0.4, -0.2) is 60.6 Å². The minimum absolute atomic E-state index is 0.282. The van der Waals surface area contributed by atoms with Crippen molar-refractivity contribution in [3.63, 3.8) is 0 Å². The van der Waals surface area contributed by atoms with Gasteiger partial charge in [0.2, 0.25) is 5.95 Å². The smallest absolute Gasteiger partial charge is 0.247 e. The molecule has 3 heterocycles. The minimum Gasteiger partial charge on any atom is -0.376 e. The Morgan fingerprint density at radius 1 is 1.15 bits per heavy atom. The Hall–Kier alpha value is -2.41. The van der Waals surface area contributed by atoms with Gasteiger partial charge in [-0.3, -0.25) is 0 Å². The number of hydrogen-bond acceptors (Lipinski definition) is 7. The lowest BCUT2D eigenvalue weighted by Crippen LogP contribution is -2.47. The molecule has 144 valence electrons. The van der Waals surface area contributed by atoms with Crippen LogP contribution in [0.25, 0.3) is 0 Å². The van der Waals surface area contributed by atoms with Crippen LogP contribution >= 0.6 is 0 Å². The number of benzene rings is 1. The summed E-state index contributed by atoms with van der Waals surface area (Å²) in [5.41, 5.74) is 4.04. The first-order valence-electron chi connectivity index (χ1n) is 9.82. The molecule has 4 rings (SSSR count). The molecule has 0 aliphatic carbocycles. The van der Waals surface area contributed by atoms with Gasteiger partial charge in [-0.1, -0.05) is 12.1 Å². The summed E-state index contributed by atoms with van der Waals surface area (Å²) in [6.07, 6.45) is 4.22. The minimum atomic E-state index is 0.282. The Bertz CT molecular complexity index is 769. The molecule has 1 aromatic carbocycles. The zero-order valence-electron chi connectivity index (χ0n) is 16.2. The summed E-state index contributed by atoms with van der Waals surface area (Å²) in [6.45, 7) is 9.72. The van der Waals surface area contributed by atoms with E-state index < -0.39 is 0 Å². The molecule has 2 fully saturated rings. The fraction of sp³-hybridized carbons (Fsp3) is 0.550. The van der Waals surface area contributed by atoms with Gasteiger partial charge in [-0.2, -0.15) is 10.1 Å². The van der Waals surface area contributed by atoms with Crippen LogP contribution in [-0.2, 0) is 4.74 Å². The Morgan fingerprint density at radius 2 is 1.96 bits per heavy atom. The van der Waals surface area contributed by atoms with E-state index in [4.69, 9.17) is 4.74 Å². The second-order valence-corrected chi connectivity index (χ2v) is 7.35. The van der Waals surface area contributed by atoms with Gasteiger partial charge in [0.05, 0.1) is 12.3 Å². The Kier molecular flexibility index (Phi) is 5.38. The van der Waals surface area contributed by atoms with Gasteiger partial charge >= 0.3 is 0 Å². The van der Waals surface area contributed by atoms with Crippen molar-refractivity contribution in [1.82, 2.24) is 15.2 Å². The molecule has 1 aromatic heterocycles. The quantitative estimate of drug-likeness (QED) is 0.869. The largest absolute Gasteiger partial charge is 0.376 e. The fourth-order valence-electron chi connectivity index (χ4n) is 3.76. The normalized spacial score (nSPS) is 20.1. The average molecular weight is 368 g/mol. The molecule has 2 aliphatic rings. The molecule has 1 N–H and O–H groups in total. The van der Waals surface area contributed by atoms with Crippen molar-refractivity contribution >= 4 is 17.5 Å². The molecule has 0 radical (unpaired) electrons. The topological polar surface area (TPSA) is 66.4 Å². The summed E-state index contributed by atoms with van der Waals surface area (Å²) >= 11 is 0. The highest BCUT2D eigenvalue weighted by molar-refractivity contribution is 5.57. The van der Waals surface area contributed by atoms with E-state index in [0.717, 1.165) is 58.0 Å². The summed E-state index contributed by atoms with van der Waals surface area (Å²) < 4.78 is 5.65. The molecule has 0 saturated carbocycles. The van der Waals surface area contributed by atoms with Crippen LogP contribution in [0.15, 0.2) is 24.4 Å². The molecule has 2 aromatic rings. The molecule has 1 unspecified atom stereocenters. The van der Waals surface area contributed by atoms with E-state index in [-0.39, 0.29) is 6.10 Å². The van der Waals surface area contributed by atoms with Gasteiger partial charge in [0.25, 0.3) is 0 Å². The highest BCUT2D eigenvalue weighted by Crippen LogP contribution is 2.24. The standard InChI is InChI=1S/C20H28N6O/c1-15-5-3-7-18(16(15)2)25-8-10-26(11-9-25)20-23-19(14-22-24-20)21-13-17-6-4-12-27-17/h3,5,7,14,17H,4,6,8-13H2,1-2H3,(H,21,23,24). The molecule has 7 heteroatoms. The molecule has 0 spiro atoms. The number of nitrogens with zero attached hydrogens (tertiary/aromatic N) is 5. The highest BCUT2D eigenvalue weighted by atomic mass is 16.5. The van der Waals surface area contributed by atoms with Crippen molar-refractivity contribution in [2.75, 3.05) is 54.4 Å². The van der Waals surface area contributed by atoms with Crippen LogP contribution in [0.5, 0.6) is 0 Å². The lowest BCUT2D eigenvalue weighted by atomic mass is 10.1. The molecule has 2 saturated heterocycles. The number of ether oxygens (including phenoxy) is 1. The first-order valence-corrected chi connectivity index (χ1v) is 9.82. The highest BCUT2D eigenvalue weighted by Gasteiger charge is 2.21. The van der Waals surface area contributed by atoms with E-state index in [1.807, 2.05) is 0 Å². The number of aromatic nitrogens is 3. The van der Waals surface area contributed by atoms with Gasteiger partial charge in [-0.25, -0.2) is 0 Å². The van der Waals surface area contributed by atoms with E-state index >= 15 is 0 Å². The third kappa shape index (κ3) is 4.13. The van der Waals surface area contributed by atoms with E-state index in [1.54, 1.807) is 6.20 Å². The number of hydrogen-bond donors (Lipinski definition) is 1. The number of nitrogens with one attached hydrogen (secondary N) is 1. The van der Waals surface area contributed by atoms with Crippen LogP contribution in [0.4, 0.5) is 17.5 Å². The Morgan fingerprint density at radius 3 is 2.74 bits per heavy atom. The Balaban J connectivity index is 1.36. The first-order chi connectivity index (χ1) is 13.2. The average Bonchev–Trinajstić information content (AvgIpc) is 3.23. The van der Waals surface area contributed by atoms with Gasteiger partial charge in [0.15, 0.2) is 5.82 Å². The van der Waals surface area contributed by atoms with E-state index in [9.17, 15) is 0 Å². The monoisotopic (exact) mass is 368 g/mol. The first kappa shape index (κ1) is 18.0. The van der Waals surface area contributed by atoms with Crippen LogP contribution in [0.2, 0.25) is 0 Å². The van der Waals surface area contributed by atoms with Crippen molar-refractivity contribution < 1.29 is 4.74 Å². The van der Waals surface area contributed by atoms with Gasteiger partial charge in [-0.05, 0) is 43.9 Å². The lowest BCUT2D eigenvalue weighted by molar-refractivity contribution is 0.120. The second kappa shape index (κ2) is 8.08. The van der Waals surface area contributed by atoms with Crippen LogP contribution in [0, 0.1) is 13.8 Å². The molecule has 0 bridgehead atoms. The van der Waals surface area contributed by atoms with Crippen molar-refractivity contribution in [2.24, 2.45) is 0 Å². The third-order valence-corrected chi connectivity index (χ3v) is 5.56.